The third-order valence-corrected chi connectivity index (χ3v) is 2.78. The van der Waals surface area contributed by atoms with Gasteiger partial charge in [0.25, 0.3) is 0 Å². The van der Waals surface area contributed by atoms with Crippen molar-refractivity contribution in [2.45, 2.75) is 40.5 Å². The van der Waals surface area contributed by atoms with Crippen molar-refractivity contribution in [3.63, 3.8) is 0 Å². The summed E-state index contributed by atoms with van der Waals surface area (Å²) in [6, 6.07) is 0. The van der Waals surface area contributed by atoms with Crippen molar-refractivity contribution in [1.29, 1.82) is 0 Å². The highest BCUT2D eigenvalue weighted by atomic mass is 16.2. The zero-order valence-electron chi connectivity index (χ0n) is 11.6. The smallest absolute Gasteiger partial charge is 0.246 e. The van der Waals surface area contributed by atoms with Gasteiger partial charge in [-0.15, -0.1) is 0 Å². The number of nitrogens with zero attached hydrogens (tertiary/aromatic N) is 1. The van der Waals surface area contributed by atoms with Crippen LogP contribution in [0.15, 0.2) is 0 Å². The Labute approximate surface area is 108 Å². The lowest BCUT2D eigenvalue weighted by Crippen LogP contribution is -2.53. The summed E-state index contributed by atoms with van der Waals surface area (Å²) in [6.45, 7) is 8.40. The molecule has 1 aliphatic heterocycles. The van der Waals surface area contributed by atoms with E-state index < -0.39 is 11.8 Å². The van der Waals surface area contributed by atoms with Crippen LogP contribution in [0, 0.1) is 11.3 Å². The molecule has 102 valence electrons. The molecule has 1 rings (SSSR count). The summed E-state index contributed by atoms with van der Waals surface area (Å²) < 4.78 is 0. The average Bonchev–Trinajstić information content (AvgIpc) is 2.12. The molecule has 18 heavy (non-hydrogen) atoms. The number of amides is 3. The van der Waals surface area contributed by atoms with Gasteiger partial charge in [-0.2, -0.15) is 0 Å². The first-order valence-corrected chi connectivity index (χ1v) is 6.28. The predicted molar refractivity (Wildman–Crippen MR) is 67.6 cm³/mol. The minimum atomic E-state index is -0.400. The van der Waals surface area contributed by atoms with E-state index in [0.717, 1.165) is 6.42 Å². The van der Waals surface area contributed by atoms with Crippen LogP contribution in [0.25, 0.3) is 0 Å². The molecular weight excluding hydrogens is 232 g/mol. The van der Waals surface area contributed by atoms with Crippen LogP contribution in [-0.2, 0) is 14.4 Å². The van der Waals surface area contributed by atoms with Gasteiger partial charge in [-0.1, -0.05) is 27.7 Å². The molecule has 0 aromatic carbocycles. The summed E-state index contributed by atoms with van der Waals surface area (Å²) in [6.07, 6.45) is 1.32. The Morgan fingerprint density at radius 1 is 1.28 bits per heavy atom. The van der Waals surface area contributed by atoms with E-state index in [2.05, 4.69) is 26.1 Å². The monoisotopic (exact) mass is 254 g/mol. The zero-order valence-corrected chi connectivity index (χ0v) is 11.6. The molecule has 0 aromatic heterocycles. The molecule has 1 heterocycles. The first-order valence-electron chi connectivity index (χ1n) is 6.28. The Bertz CT molecular complexity index is 342. The fourth-order valence-electron chi connectivity index (χ4n) is 2.36. The maximum Gasteiger partial charge on any atom is 0.246 e. The summed E-state index contributed by atoms with van der Waals surface area (Å²) in [7, 11) is 0. The fraction of sp³-hybridized carbons (Fsp3) is 0.769. The van der Waals surface area contributed by atoms with Crippen molar-refractivity contribution >= 4 is 17.7 Å². The summed E-state index contributed by atoms with van der Waals surface area (Å²) in [4.78, 5) is 35.7. The predicted octanol–water partition coefficient (Wildman–Crippen LogP) is 0.934. The normalized spacial score (nSPS) is 18.6. The van der Waals surface area contributed by atoms with Crippen LogP contribution in [0.3, 0.4) is 0 Å². The third kappa shape index (κ3) is 4.85. The summed E-state index contributed by atoms with van der Waals surface area (Å²) in [5, 5.41) is 2.18. The topological polar surface area (TPSA) is 66.5 Å². The van der Waals surface area contributed by atoms with E-state index in [1.165, 1.54) is 4.90 Å². The summed E-state index contributed by atoms with van der Waals surface area (Å²) >= 11 is 0. The quantitative estimate of drug-likeness (QED) is 0.762. The van der Waals surface area contributed by atoms with Gasteiger partial charge in [0.05, 0.1) is 0 Å². The highest BCUT2D eigenvalue weighted by molar-refractivity contribution is 6.02. The number of piperazine rings is 1. The van der Waals surface area contributed by atoms with Gasteiger partial charge in [-0.05, 0) is 17.8 Å². The highest BCUT2D eigenvalue weighted by Gasteiger charge is 2.27. The van der Waals surface area contributed by atoms with Gasteiger partial charge < -0.3 is 4.90 Å². The van der Waals surface area contributed by atoms with E-state index in [1.54, 1.807) is 0 Å². The van der Waals surface area contributed by atoms with Crippen LogP contribution >= 0.6 is 0 Å². The third-order valence-electron chi connectivity index (χ3n) is 2.78. The molecule has 1 atom stereocenters. The molecule has 0 bridgehead atoms. The maximum absolute atomic E-state index is 12.0. The standard InChI is InChI=1S/C13H22N2O3/c1-9(6-13(2,3)4)5-12(18)15-7-10(16)14-11(17)8-15/h9H,5-8H2,1-4H3,(H,14,16,17). The molecule has 0 aliphatic carbocycles. The Morgan fingerprint density at radius 3 is 2.22 bits per heavy atom. The van der Waals surface area contributed by atoms with Crippen LogP contribution in [-0.4, -0.2) is 35.7 Å². The lowest BCUT2D eigenvalue weighted by atomic mass is 9.84. The van der Waals surface area contributed by atoms with Gasteiger partial charge >= 0.3 is 0 Å². The number of carbonyl (C=O) groups excluding carboxylic acids is 3. The number of hydrogen-bond acceptors (Lipinski definition) is 3. The van der Waals surface area contributed by atoms with E-state index in [4.69, 9.17) is 0 Å². The van der Waals surface area contributed by atoms with Crippen LogP contribution in [0.4, 0.5) is 0 Å². The fourth-order valence-corrected chi connectivity index (χ4v) is 2.36. The summed E-state index contributed by atoms with van der Waals surface area (Å²) in [5.74, 6) is -0.668. The molecule has 0 aromatic rings. The van der Waals surface area contributed by atoms with E-state index in [1.807, 2.05) is 6.92 Å². The molecule has 1 fully saturated rings. The number of carbonyl (C=O) groups is 3. The van der Waals surface area contributed by atoms with E-state index >= 15 is 0 Å². The minimum absolute atomic E-state index is 0.00713. The second-order valence-corrected chi connectivity index (χ2v) is 6.30. The molecule has 5 heteroatoms. The van der Waals surface area contributed by atoms with Crippen molar-refractivity contribution in [2.24, 2.45) is 11.3 Å². The molecule has 5 nitrogen and oxygen atoms in total. The molecule has 0 saturated carbocycles. The van der Waals surface area contributed by atoms with Crippen molar-refractivity contribution in [2.75, 3.05) is 13.1 Å². The Kier molecular flexibility index (Phi) is 4.48. The van der Waals surface area contributed by atoms with E-state index in [9.17, 15) is 14.4 Å². The van der Waals surface area contributed by atoms with Gasteiger partial charge in [-0.25, -0.2) is 0 Å². The molecule has 1 unspecified atom stereocenters. The minimum Gasteiger partial charge on any atom is -0.324 e. The van der Waals surface area contributed by atoms with Gasteiger partial charge in [0.2, 0.25) is 17.7 Å². The van der Waals surface area contributed by atoms with E-state index in [0.29, 0.717) is 6.42 Å². The number of imide groups is 1. The first-order chi connectivity index (χ1) is 8.17. The van der Waals surface area contributed by atoms with Crippen molar-refractivity contribution < 1.29 is 14.4 Å². The molecule has 1 N–H and O–H groups in total. The second kappa shape index (κ2) is 5.50. The van der Waals surface area contributed by atoms with Gasteiger partial charge in [0.1, 0.15) is 13.1 Å². The number of nitrogens with one attached hydrogen (secondary N) is 1. The average molecular weight is 254 g/mol. The largest absolute Gasteiger partial charge is 0.324 e. The first kappa shape index (κ1) is 14.7. The second-order valence-electron chi connectivity index (χ2n) is 6.30. The Balaban J connectivity index is 2.50. The van der Waals surface area contributed by atoms with E-state index in [-0.39, 0.29) is 30.3 Å². The van der Waals surface area contributed by atoms with Gasteiger partial charge in [0, 0.05) is 6.42 Å². The van der Waals surface area contributed by atoms with Crippen LogP contribution in [0.5, 0.6) is 0 Å². The lowest BCUT2D eigenvalue weighted by Gasteiger charge is -2.28. The lowest BCUT2D eigenvalue weighted by molar-refractivity contribution is -0.145. The maximum atomic E-state index is 12.0. The molecule has 1 saturated heterocycles. The van der Waals surface area contributed by atoms with Gasteiger partial charge in [-0.3, -0.25) is 19.7 Å². The Morgan fingerprint density at radius 2 is 1.78 bits per heavy atom. The van der Waals surface area contributed by atoms with Gasteiger partial charge in [0.15, 0.2) is 0 Å². The molecular formula is C13H22N2O3. The number of rotatable bonds is 3. The molecule has 0 spiro atoms. The van der Waals surface area contributed by atoms with Crippen molar-refractivity contribution in [1.82, 2.24) is 10.2 Å². The molecule has 3 amide bonds. The zero-order chi connectivity index (χ0) is 13.9. The van der Waals surface area contributed by atoms with Crippen LogP contribution in [0.1, 0.15) is 40.5 Å². The number of hydrogen-bond donors (Lipinski definition) is 1. The Hall–Kier alpha value is -1.39. The van der Waals surface area contributed by atoms with Crippen LogP contribution < -0.4 is 5.32 Å². The molecule has 1 aliphatic rings. The highest BCUT2D eigenvalue weighted by Crippen LogP contribution is 2.26. The van der Waals surface area contributed by atoms with Crippen molar-refractivity contribution in [3.8, 4) is 0 Å². The summed E-state index contributed by atoms with van der Waals surface area (Å²) in [5.41, 5.74) is 0.175. The van der Waals surface area contributed by atoms with Crippen LogP contribution in [0.2, 0.25) is 0 Å². The van der Waals surface area contributed by atoms with Crippen molar-refractivity contribution in [3.05, 3.63) is 0 Å². The SMILES string of the molecule is CC(CC(=O)N1CC(=O)NC(=O)C1)CC(C)(C)C. The molecule has 0 radical (unpaired) electrons.